The number of rotatable bonds is 5. The lowest BCUT2D eigenvalue weighted by Gasteiger charge is -2.33. The van der Waals surface area contributed by atoms with Crippen LogP contribution in [0, 0.1) is 5.92 Å². The zero-order valence-corrected chi connectivity index (χ0v) is 16.5. The van der Waals surface area contributed by atoms with E-state index in [1.54, 1.807) is 6.08 Å². The van der Waals surface area contributed by atoms with Crippen LogP contribution in [0.1, 0.15) is 39.0 Å². The molecule has 0 aliphatic carbocycles. The molecule has 1 atom stereocenters. The Morgan fingerprint density at radius 1 is 1.19 bits per heavy atom. The lowest BCUT2D eigenvalue weighted by Crippen LogP contribution is -2.36. The van der Waals surface area contributed by atoms with Crippen LogP contribution >= 0.6 is 12.2 Å². The van der Waals surface area contributed by atoms with Crippen molar-refractivity contribution >= 4 is 34.9 Å². The number of nitrogens with zero attached hydrogens (tertiary/aromatic N) is 4. The molecule has 2 fully saturated rings. The second-order valence-corrected chi connectivity index (χ2v) is 7.68. The van der Waals surface area contributed by atoms with Crippen LogP contribution in [0.3, 0.4) is 0 Å². The zero-order chi connectivity index (χ0) is 18.4. The number of piperidine rings is 2. The lowest BCUT2D eigenvalue weighted by molar-refractivity contribution is 0.444. The second kappa shape index (κ2) is 9.16. The van der Waals surface area contributed by atoms with Crippen molar-refractivity contribution in [1.82, 2.24) is 15.3 Å². The fourth-order valence-corrected chi connectivity index (χ4v) is 3.81. The molecule has 2 aliphatic heterocycles. The topological polar surface area (TPSA) is 56.3 Å². The van der Waals surface area contributed by atoms with E-state index >= 15 is 0 Å². The Morgan fingerprint density at radius 2 is 1.88 bits per heavy atom. The van der Waals surface area contributed by atoms with Gasteiger partial charge in [0.25, 0.3) is 0 Å². The van der Waals surface area contributed by atoms with Gasteiger partial charge >= 0.3 is 0 Å². The van der Waals surface area contributed by atoms with E-state index in [1.807, 2.05) is 0 Å². The van der Waals surface area contributed by atoms with Crippen LogP contribution in [-0.4, -0.2) is 47.8 Å². The third kappa shape index (κ3) is 5.06. The SMILES string of the molecule is C=CCNC(=S)Nc1nc(N2CCCCC2)cc(N2CCC[C@H](C)C2)n1. The summed E-state index contributed by atoms with van der Waals surface area (Å²) in [6, 6.07) is 2.15. The summed E-state index contributed by atoms with van der Waals surface area (Å²) in [5.41, 5.74) is 0. The first-order valence-electron chi connectivity index (χ1n) is 9.70. The van der Waals surface area contributed by atoms with Gasteiger partial charge in [0.15, 0.2) is 5.11 Å². The van der Waals surface area contributed by atoms with Gasteiger partial charge in [0.05, 0.1) is 0 Å². The normalized spacial score (nSPS) is 20.6. The van der Waals surface area contributed by atoms with E-state index in [4.69, 9.17) is 22.2 Å². The summed E-state index contributed by atoms with van der Waals surface area (Å²) in [6.07, 6.45) is 8.04. The molecule has 2 saturated heterocycles. The Balaban J connectivity index is 1.83. The first kappa shape index (κ1) is 18.9. The minimum atomic E-state index is 0.527. The molecule has 142 valence electrons. The van der Waals surface area contributed by atoms with Gasteiger partial charge in [-0.2, -0.15) is 9.97 Å². The molecule has 2 N–H and O–H groups in total. The van der Waals surface area contributed by atoms with Crippen molar-refractivity contribution < 1.29 is 0 Å². The Bertz CT molecular complexity index is 628. The highest BCUT2D eigenvalue weighted by atomic mass is 32.1. The smallest absolute Gasteiger partial charge is 0.232 e. The standard InChI is InChI=1S/C19H30N6S/c1-3-9-20-19(26)23-18-21-16(24-10-5-4-6-11-24)13-17(22-18)25-12-7-8-15(2)14-25/h3,13,15H,1,4-12,14H2,2H3,(H2,20,21,22,23,26)/t15-/m0/s1. The van der Waals surface area contributed by atoms with Crippen molar-refractivity contribution in [3.8, 4) is 0 Å². The summed E-state index contributed by atoms with van der Waals surface area (Å²) < 4.78 is 0. The molecule has 1 aromatic rings. The number of anilines is 3. The number of hydrogen-bond donors (Lipinski definition) is 2. The largest absolute Gasteiger partial charge is 0.359 e. The van der Waals surface area contributed by atoms with E-state index in [9.17, 15) is 0 Å². The van der Waals surface area contributed by atoms with Gasteiger partial charge in [0.1, 0.15) is 11.6 Å². The van der Waals surface area contributed by atoms with E-state index < -0.39 is 0 Å². The molecule has 0 aromatic carbocycles. The van der Waals surface area contributed by atoms with Crippen molar-refractivity contribution in [2.24, 2.45) is 5.92 Å². The van der Waals surface area contributed by atoms with Crippen molar-refractivity contribution in [1.29, 1.82) is 0 Å². The molecule has 26 heavy (non-hydrogen) atoms. The van der Waals surface area contributed by atoms with Gasteiger partial charge in [-0.25, -0.2) is 0 Å². The third-order valence-corrected chi connectivity index (χ3v) is 5.24. The number of hydrogen-bond acceptors (Lipinski definition) is 5. The summed E-state index contributed by atoms with van der Waals surface area (Å²) in [5.74, 6) is 3.27. The van der Waals surface area contributed by atoms with Crippen LogP contribution in [0.4, 0.5) is 17.6 Å². The van der Waals surface area contributed by atoms with E-state index in [0.29, 0.717) is 23.5 Å². The molecule has 3 heterocycles. The number of nitrogens with one attached hydrogen (secondary N) is 2. The van der Waals surface area contributed by atoms with Crippen LogP contribution in [0.5, 0.6) is 0 Å². The molecule has 0 spiro atoms. The summed E-state index contributed by atoms with van der Waals surface area (Å²) in [4.78, 5) is 14.3. The highest BCUT2D eigenvalue weighted by Crippen LogP contribution is 2.27. The van der Waals surface area contributed by atoms with Crippen LogP contribution in [0.25, 0.3) is 0 Å². The van der Waals surface area contributed by atoms with Crippen LogP contribution in [0.15, 0.2) is 18.7 Å². The molecule has 6 nitrogen and oxygen atoms in total. The van der Waals surface area contributed by atoms with Gasteiger partial charge in [0.2, 0.25) is 5.95 Å². The molecule has 0 amide bonds. The molecule has 3 rings (SSSR count). The fraction of sp³-hybridized carbons (Fsp3) is 0.632. The Kier molecular flexibility index (Phi) is 6.66. The Morgan fingerprint density at radius 3 is 2.58 bits per heavy atom. The first-order chi connectivity index (χ1) is 12.7. The van der Waals surface area contributed by atoms with Crippen molar-refractivity contribution in [3.05, 3.63) is 18.7 Å². The summed E-state index contributed by atoms with van der Waals surface area (Å²) >= 11 is 5.34. The van der Waals surface area contributed by atoms with E-state index in [-0.39, 0.29) is 0 Å². The molecule has 1 aromatic heterocycles. The van der Waals surface area contributed by atoms with Gasteiger partial charge in [-0.1, -0.05) is 13.0 Å². The molecule has 0 radical (unpaired) electrons. The Labute approximate surface area is 162 Å². The maximum Gasteiger partial charge on any atom is 0.232 e. The molecule has 0 saturated carbocycles. The number of aromatic nitrogens is 2. The van der Waals surface area contributed by atoms with Crippen molar-refractivity contribution in [2.45, 2.75) is 39.0 Å². The van der Waals surface area contributed by atoms with Gasteiger partial charge in [0, 0.05) is 38.8 Å². The maximum atomic E-state index is 5.34. The van der Waals surface area contributed by atoms with E-state index in [2.05, 4.69) is 40.0 Å². The molecule has 2 aliphatic rings. The average molecular weight is 375 g/mol. The van der Waals surface area contributed by atoms with Crippen LogP contribution in [-0.2, 0) is 0 Å². The quantitative estimate of drug-likeness (QED) is 0.606. The highest BCUT2D eigenvalue weighted by molar-refractivity contribution is 7.80. The molecular formula is C19H30N6S. The minimum Gasteiger partial charge on any atom is -0.359 e. The van der Waals surface area contributed by atoms with Crippen LogP contribution in [0.2, 0.25) is 0 Å². The average Bonchev–Trinajstić information content (AvgIpc) is 2.67. The predicted octanol–water partition coefficient (Wildman–Crippen LogP) is 3.18. The fourth-order valence-electron chi connectivity index (χ4n) is 3.63. The molecule has 0 bridgehead atoms. The zero-order valence-electron chi connectivity index (χ0n) is 15.7. The lowest BCUT2D eigenvalue weighted by atomic mass is 10.0. The number of thiocarbonyl (C=S) groups is 1. The van der Waals surface area contributed by atoms with Crippen molar-refractivity contribution in [2.75, 3.05) is 47.8 Å². The summed E-state index contributed by atoms with van der Waals surface area (Å²) in [7, 11) is 0. The monoisotopic (exact) mass is 374 g/mol. The maximum absolute atomic E-state index is 5.34. The van der Waals surface area contributed by atoms with Gasteiger partial charge in [-0.15, -0.1) is 6.58 Å². The molecule has 0 unspecified atom stereocenters. The van der Waals surface area contributed by atoms with Gasteiger partial charge in [-0.3, -0.25) is 0 Å². The van der Waals surface area contributed by atoms with E-state index in [1.165, 1.54) is 32.1 Å². The molecular weight excluding hydrogens is 344 g/mol. The first-order valence-corrected chi connectivity index (χ1v) is 10.1. The second-order valence-electron chi connectivity index (χ2n) is 7.27. The third-order valence-electron chi connectivity index (χ3n) is 4.99. The summed E-state index contributed by atoms with van der Waals surface area (Å²) in [5, 5.41) is 6.75. The Hall–Kier alpha value is -1.89. The highest BCUT2D eigenvalue weighted by Gasteiger charge is 2.21. The molecule has 7 heteroatoms. The predicted molar refractivity (Wildman–Crippen MR) is 113 cm³/mol. The van der Waals surface area contributed by atoms with Gasteiger partial charge < -0.3 is 20.4 Å². The minimum absolute atomic E-state index is 0.527. The van der Waals surface area contributed by atoms with Crippen LogP contribution < -0.4 is 20.4 Å². The van der Waals surface area contributed by atoms with Gasteiger partial charge in [-0.05, 0) is 50.2 Å². The van der Waals surface area contributed by atoms with Crippen molar-refractivity contribution in [3.63, 3.8) is 0 Å². The van der Waals surface area contributed by atoms with E-state index in [0.717, 1.165) is 37.8 Å². The summed E-state index contributed by atoms with van der Waals surface area (Å²) in [6.45, 7) is 10.9.